The van der Waals surface area contributed by atoms with Crippen molar-refractivity contribution in [2.45, 2.75) is 45.7 Å². The molecule has 0 aromatic heterocycles. The first-order chi connectivity index (χ1) is 11.9. The van der Waals surface area contributed by atoms with Crippen molar-refractivity contribution in [3.05, 3.63) is 35.9 Å². The fraction of sp³-hybridized carbons (Fsp3) is 0.444. The van der Waals surface area contributed by atoms with E-state index < -0.39 is 5.97 Å². The second-order valence-electron chi connectivity index (χ2n) is 6.22. The zero-order chi connectivity index (χ0) is 18.4. The van der Waals surface area contributed by atoms with E-state index in [1.165, 1.54) is 9.91 Å². The summed E-state index contributed by atoms with van der Waals surface area (Å²) in [5, 5.41) is 14.4. The highest BCUT2D eigenvalue weighted by atomic mass is 16.4. The van der Waals surface area contributed by atoms with Crippen LogP contribution in [0.2, 0.25) is 0 Å². The monoisotopic (exact) mass is 345 g/mol. The van der Waals surface area contributed by atoms with E-state index in [0.717, 1.165) is 5.56 Å². The number of amides is 2. The van der Waals surface area contributed by atoms with Gasteiger partial charge in [0.15, 0.2) is 0 Å². The summed E-state index contributed by atoms with van der Waals surface area (Å²) in [6.07, 6.45) is 0.380. The summed E-state index contributed by atoms with van der Waals surface area (Å²) in [6.45, 7) is 4.09. The van der Waals surface area contributed by atoms with Gasteiger partial charge >= 0.3 is 5.97 Å². The minimum Gasteiger partial charge on any atom is -0.481 e. The fourth-order valence-corrected chi connectivity index (χ4v) is 2.61. The summed E-state index contributed by atoms with van der Waals surface area (Å²) in [6, 6.07) is 9.30. The molecule has 1 aromatic rings. The van der Waals surface area contributed by atoms with Gasteiger partial charge in [-0.05, 0) is 19.4 Å². The normalized spacial score (nSPS) is 14.4. The van der Waals surface area contributed by atoms with E-state index in [1.54, 1.807) is 0 Å². The lowest BCUT2D eigenvalue weighted by Crippen LogP contribution is -2.45. The maximum atomic E-state index is 12.7. The van der Waals surface area contributed by atoms with Crippen LogP contribution in [0.4, 0.5) is 0 Å². The molecule has 0 saturated carbocycles. The third-order valence-corrected chi connectivity index (χ3v) is 3.98. The standard InChI is InChI=1S/C18H23N3O4/c1-13(2)20(11-10-17(23)24)18(25)15-8-9-16(22)21(19-15)12-14-6-4-3-5-7-14/h3-7,13H,8-12H2,1-2H3,(H,23,24). The van der Waals surface area contributed by atoms with Crippen LogP contribution in [0.1, 0.15) is 38.7 Å². The zero-order valence-electron chi connectivity index (χ0n) is 14.5. The largest absolute Gasteiger partial charge is 0.481 e. The highest BCUT2D eigenvalue weighted by Gasteiger charge is 2.28. The van der Waals surface area contributed by atoms with Gasteiger partial charge in [0.05, 0.1) is 13.0 Å². The molecule has 0 fully saturated rings. The van der Waals surface area contributed by atoms with Crippen LogP contribution in [0.3, 0.4) is 0 Å². The number of carbonyl (C=O) groups excluding carboxylic acids is 2. The van der Waals surface area contributed by atoms with Gasteiger partial charge in [-0.2, -0.15) is 5.10 Å². The maximum Gasteiger partial charge on any atom is 0.305 e. The Morgan fingerprint density at radius 2 is 1.92 bits per heavy atom. The molecule has 1 aromatic carbocycles. The number of hydrogen-bond donors (Lipinski definition) is 1. The van der Waals surface area contributed by atoms with Crippen molar-refractivity contribution in [2.24, 2.45) is 5.10 Å². The first-order valence-corrected chi connectivity index (χ1v) is 8.33. The molecule has 0 atom stereocenters. The highest BCUT2D eigenvalue weighted by Crippen LogP contribution is 2.16. The number of carboxylic acid groups (broad SMARTS) is 1. The molecule has 0 bridgehead atoms. The molecule has 0 radical (unpaired) electrons. The summed E-state index contributed by atoms with van der Waals surface area (Å²) < 4.78 is 0. The van der Waals surface area contributed by atoms with Gasteiger partial charge in [0.2, 0.25) is 5.91 Å². The van der Waals surface area contributed by atoms with Crippen LogP contribution in [0.15, 0.2) is 35.4 Å². The Hall–Kier alpha value is -2.70. The number of carboxylic acids is 1. The Morgan fingerprint density at radius 1 is 1.24 bits per heavy atom. The first-order valence-electron chi connectivity index (χ1n) is 8.33. The molecule has 0 unspecified atom stereocenters. The van der Waals surface area contributed by atoms with Crippen LogP contribution in [0, 0.1) is 0 Å². The van der Waals surface area contributed by atoms with E-state index in [9.17, 15) is 14.4 Å². The van der Waals surface area contributed by atoms with E-state index >= 15 is 0 Å². The summed E-state index contributed by atoms with van der Waals surface area (Å²) in [4.78, 5) is 37.1. The number of aliphatic carboxylic acids is 1. The lowest BCUT2D eigenvalue weighted by atomic mass is 10.1. The van der Waals surface area contributed by atoms with E-state index in [-0.39, 0.29) is 43.7 Å². The number of benzene rings is 1. The number of carbonyl (C=O) groups is 3. The lowest BCUT2D eigenvalue weighted by Gasteiger charge is -2.29. The van der Waals surface area contributed by atoms with Crippen LogP contribution < -0.4 is 0 Å². The molecule has 7 heteroatoms. The summed E-state index contributed by atoms with van der Waals surface area (Å²) in [7, 11) is 0. The average Bonchev–Trinajstić information content (AvgIpc) is 2.57. The Kier molecular flexibility index (Phi) is 6.27. The number of hydrazone groups is 1. The van der Waals surface area contributed by atoms with E-state index in [2.05, 4.69) is 5.10 Å². The molecule has 0 aliphatic carbocycles. The molecule has 2 rings (SSSR count). The highest BCUT2D eigenvalue weighted by molar-refractivity contribution is 6.39. The fourth-order valence-electron chi connectivity index (χ4n) is 2.61. The predicted molar refractivity (Wildman–Crippen MR) is 92.8 cm³/mol. The predicted octanol–water partition coefficient (Wildman–Crippen LogP) is 1.88. The van der Waals surface area contributed by atoms with Crippen molar-refractivity contribution in [2.75, 3.05) is 6.54 Å². The van der Waals surface area contributed by atoms with Gasteiger partial charge in [0.25, 0.3) is 5.91 Å². The smallest absolute Gasteiger partial charge is 0.305 e. The number of nitrogens with zero attached hydrogens (tertiary/aromatic N) is 3. The average molecular weight is 345 g/mol. The van der Waals surface area contributed by atoms with Crippen molar-refractivity contribution < 1.29 is 19.5 Å². The topological polar surface area (TPSA) is 90.3 Å². The minimum atomic E-state index is -0.954. The van der Waals surface area contributed by atoms with Crippen molar-refractivity contribution in [1.29, 1.82) is 0 Å². The van der Waals surface area contributed by atoms with Gasteiger partial charge < -0.3 is 10.0 Å². The Morgan fingerprint density at radius 3 is 2.52 bits per heavy atom. The molecule has 1 N–H and O–H groups in total. The second kappa shape index (κ2) is 8.41. The van der Waals surface area contributed by atoms with Gasteiger partial charge in [-0.3, -0.25) is 14.4 Å². The van der Waals surface area contributed by atoms with Gasteiger partial charge in [-0.1, -0.05) is 30.3 Å². The van der Waals surface area contributed by atoms with E-state index in [1.807, 2.05) is 44.2 Å². The molecular weight excluding hydrogens is 322 g/mol. The molecule has 1 heterocycles. The van der Waals surface area contributed by atoms with Crippen LogP contribution in [0.25, 0.3) is 0 Å². The van der Waals surface area contributed by atoms with Crippen molar-refractivity contribution in [3.8, 4) is 0 Å². The molecule has 0 saturated heterocycles. The lowest BCUT2D eigenvalue weighted by molar-refractivity contribution is -0.138. The van der Waals surface area contributed by atoms with Crippen molar-refractivity contribution >= 4 is 23.5 Å². The summed E-state index contributed by atoms with van der Waals surface area (Å²) in [5.74, 6) is -1.38. The minimum absolute atomic E-state index is 0.121. The second-order valence-corrected chi connectivity index (χ2v) is 6.22. The van der Waals surface area contributed by atoms with Crippen LogP contribution in [0.5, 0.6) is 0 Å². The Bertz CT molecular complexity index is 670. The molecule has 134 valence electrons. The van der Waals surface area contributed by atoms with Gasteiger partial charge in [-0.25, -0.2) is 5.01 Å². The Balaban J connectivity index is 2.15. The van der Waals surface area contributed by atoms with Gasteiger partial charge in [0, 0.05) is 25.4 Å². The molecule has 0 spiro atoms. The van der Waals surface area contributed by atoms with Crippen LogP contribution >= 0.6 is 0 Å². The third kappa shape index (κ3) is 5.14. The van der Waals surface area contributed by atoms with Gasteiger partial charge in [-0.15, -0.1) is 0 Å². The molecule has 1 aliphatic heterocycles. The summed E-state index contributed by atoms with van der Waals surface area (Å²) >= 11 is 0. The molecule has 7 nitrogen and oxygen atoms in total. The maximum absolute atomic E-state index is 12.7. The molecule has 2 amide bonds. The Labute approximate surface area is 146 Å². The molecule has 1 aliphatic rings. The van der Waals surface area contributed by atoms with E-state index in [0.29, 0.717) is 12.3 Å². The zero-order valence-corrected chi connectivity index (χ0v) is 14.5. The third-order valence-electron chi connectivity index (χ3n) is 3.98. The number of rotatable bonds is 7. The SMILES string of the molecule is CC(C)N(CCC(=O)O)C(=O)C1=NN(Cc2ccccc2)C(=O)CC1. The van der Waals surface area contributed by atoms with Gasteiger partial charge in [0.1, 0.15) is 5.71 Å². The van der Waals surface area contributed by atoms with Crippen molar-refractivity contribution in [3.63, 3.8) is 0 Å². The van der Waals surface area contributed by atoms with Crippen LogP contribution in [-0.2, 0) is 20.9 Å². The molecule has 25 heavy (non-hydrogen) atoms. The van der Waals surface area contributed by atoms with Crippen LogP contribution in [-0.4, -0.2) is 51.1 Å². The number of hydrogen-bond acceptors (Lipinski definition) is 4. The summed E-state index contributed by atoms with van der Waals surface area (Å²) in [5.41, 5.74) is 1.23. The van der Waals surface area contributed by atoms with Crippen molar-refractivity contribution in [1.82, 2.24) is 9.91 Å². The first kappa shape index (κ1) is 18.6. The van der Waals surface area contributed by atoms with E-state index in [4.69, 9.17) is 5.11 Å². The quantitative estimate of drug-likeness (QED) is 0.817. The molecular formula is C18H23N3O4.